The first-order chi connectivity index (χ1) is 6.20. The third kappa shape index (κ3) is 1.84. The molecule has 0 saturated carbocycles. The minimum absolute atomic E-state index is 0.470. The van der Waals surface area contributed by atoms with Crippen molar-refractivity contribution in [1.82, 2.24) is 4.98 Å². The van der Waals surface area contributed by atoms with Crippen LogP contribution in [0.5, 0.6) is 0 Å². The Hall–Kier alpha value is -0.610. The molecule has 5 heteroatoms. The summed E-state index contributed by atoms with van der Waals surface area (Å²) in [6.07, 6.45) is 4.12. The van der Waals surface area contributed by atoms with E-state index in [2.05, 4.69) is 9.35 Å². The van der Waals surface area contributed by atoms with Crippen molar-refractivity contribution in [3.63, 3.8) is 0 Å². The third-order valence-electron chi connectivity index (χ3n) is 1.94. The van der Waals surface area contributed by atoms with Gasteiger partial charge in [0.1, 0.15) is 0 Å². The topological polar surface area (TPSA) is 42.3 Å². The van der Waals surface area contributed by atoms with Crippen molar-refractivity contribution in [1.29, 1.82) is 0 Å². The molecule has 1 aromatic heterocycles. The highest BCUT2D eigenvalue weighted by Crippen LogP contribution is 2.27. The Morgan fingerprint density at radius 2 is 2.31 bits per heavy atom. The summed E-state index contributed by atoms with van der Waals surface area (Å²) in [5.74, 6) is 1.40. The van der Waals surface area contributed by atoms with E-state index in [0.29, 0.717) is 22.2 Å². The van der Waals surface area contributed by atoms with Crippen LogP contribution in [0.15, 0.2) is 22.8 Å². The molecule has 0 radical (unpaired) electrons. The molecule has 0 aromatic carbocycles. The van der Waals surface area contributed by atoms with E-state index in [-0.39, 0.29) is 0 Å². The summed E-state index contributed by atoms with van der Waals surface area (Å²) >= 11 is 5.83. The third-order valence-corrected chi connectivity index (χ3v) is 4.62. The van der Waals surface area contributed by atoms with Gasteiger partial charge in [-0.05, 0) is 12.5 Å². The summed E-state index contributed by atoms with van der Waals surface area (Å²) in [6.45, 7) is 0. The van der Waals surface area contributed by atoms with Gasteiger partial charge in [-0.2, -0.15) is 4.36 Å². The summed E-state index contributed by atoms with van der Waals surface area (Å²) in [5, 5.41) is 0.470. The Balaban J connectivity index is 2.43. The summed E-state index contributed by atoms with van der Waals surface area (Å²) in [5.41, 5.74) is 0.598. The van der Waals surface area contributed by atoms with Gasteiger partial charge < -0.3 is 0 Å². The van der Waals surface area contributed by atoms with Crippen LogP contribution in [-0.2, 0) is 9.73 Å². The highest BCUT2D eigenvalue weighted by atomic mass is 35.5. The number of aromatic nitrogens is 1. The second kappa shape index (κ2) is 3.27. The van der Waals surface area contributed by atoms with Crippen LogP contribution in [0.4, 0.5) is 5.69 Å². The first-order valence-electron chi connectivity index (χ1n) is 4.02. The van der Waals surface area contributed by atoms with E-state index >= 15 is 0 Å². The van der Waals surface area contributed by atoms with Crippen molar-refractivity contribution in [3.8, 4) is 0 Å². The van der Waals surface area contributed by atoms with Gasteiger partial charge in [0, 0.05) is 23.9 Å². The molecular weight excluding hydrogens is 208 g/mol. The maximum atomic E-state index is 11.7. The van der Waals surface area contributed by atoms with Crippen molar-refractivity contribution in [3.05, 3.63) is 23.5 Å². The second-order valence-electron chi connectivity index (χ2n) is 2.95. The molecule has 70 valence electrons. The number of pyridine rings is 1. The smallest absolute Gasteiger partial charge is 0.0947 e. The maximum Gasteiger partial charge on any atom is 0.0947 e. The molecule has 0 spiro atoms. The van der Waals surface area contributed by atoms with Crippen LogP contribution in [-0.4, -0.2) is 20.7 Å². The molecule has 1 saturated heterocycles. The Bertz CT molecular complexity index is 428. The van der Waals surface area contributed by atoms with Crippen LogP contribution in [0.25, 0.3) is 0 Å². The monoisotopic (exact) mass is 216 g/mol. The average molecular weight is 217 g/mol. The van der Waals surface area contributed by atoms with E-state index in [1.54, 1.807) is 12.3 Å². The van der Waals surface area contributed by atoms with Crippen LogP contribution < -0.4 is 0 Å². The maximum absolute atomic E-state index is 11.7. The minimum Gasteiger partial charge on any atom is -0.263 e. The molecule has 0 bridgehead atoms. The Labute approximate surface area is 82.3 Å². The normalized spacial score (nSPS) is 19.2. The first-order valence-corrected chi connectivity index (χ1v) is 6.25. The summed E-state index contributed by atoms with van der Waals surface area (Å²) in [7, 11) is -1.95. The zero-order valence-electron chi connectivity index (χ0n) is 6.94. The van der Waals surface area contributed by atoms with Gasteiger partial charge >= 0.3 is 0 Å². The molecule has 0 unspecified atom stereocenters. The number of hydrogen-bond acceptors (Lipinski definition) is 3. The highest BCUT2D eigenvalue weighted by molar-refractivity contribution is 7.95. The van der Waals surface area contributed by atoms with Crippen LogP contribution in [0.3, 0.4) is 0 Å². The molecule has 1 aromatic rings. The molecule has 1 aliphatic rings. The van der Waals surface area contributed by atoms with Gasteiger partial charge in [-0.25, -0.2) is 4.21 Å². The van der Waals surface area contributed by atoms with Gasteiger partial charge in [-0.3, -0.25) is 4.98 Å². The summed E-state index contributed by atoms with van der Waals surface area (Å²) in [6, 6.07) is 1.69. The van der Waals surface area contributed by atoms with Gasteiger partial charge in [0.2, 0.25) is 0 Å². The fourth-order valence-corrected chi connectivity index (χ4v) is 2.80. The van der Waals surface area contributed by atoms with Crippen LogP contribution in [0.1, 0.15) is 6.42 Å². The van der Waals surface area contributed by atoms with E-state index < -0.39 is 9.73 Å². The van der Waals surface area contributed by atoms with Crippen molar-refractivity contribution < 1.29 is 4.21 Å². The Morgan fingerprint density at radius 3 is 2.85 bits per heavy atom. The van der Waals surface area contributed by atoms with Crippen LogP contribution in [0, 0.1) is 0 Å². The first kappa shape index (κ1) is 8.97. The molecule has 3 nitrogen and oxygen atoms in total. The highest BCUT2D eigenvalue weighted by Gasteiger charge is 2.19. The molecule has 0 aliphatic carbocycles. The molecule has 0 amide bonds. The Morgan fingerprint density at radius 1 is 1.54 bits per heavy atom. The summed E-state index contributed by atoms with van der Waals surface area (Å²) < 4.78 is 15.9. The van der Waals surface area contributed by atoms with Crippen LogP contribution >= 0.6 is 11.6 Å². The van der Waals surface area contributed by atoms with Crippen molar-refractivity contribution >= 4 is 27.0 Å². The van der Waals surface area contributed by atoms with Crippen LogP contribution in [0.2, 0.25) is 5.02 Å². The largest absolute Gasteiger partial charge is 0.263 e. The molecule has 2 rings (SSSR count). The van der Waals surface area contributed by atoms with E-state index in [1.165, 1.54) is 6.20 Å². The zero-order chi connectivity index (χ0) is 9.31. The van der Waals surface area contributed by atoms with Gasteiger partial charge in [0.05, 0.1) is 20.4 Å². The number of halogens is 1. The van der Waals surface area contributed by atoms with Gasteiger partial charge in [0.15, 0.2) is 0 Å². The lowest BCUT2D eigenvalue weighted by Gasteiger charge is -2.17. The molecule has 1 fully saturated rings. The number of rotatable bonds is 1. The molecule has 0 atom stereocenters. The van der Waals surface area contributed by atoms with Crippen molar-refractivity contribution in [2.24, 2.45) is 4.36 Å². The standard InChI is InChI=1S/C8H9ClN2OS/c9-7-6-10-3-2-8(7)11-13(12)4-1-5-13/h2-3,6H,1,4-5H2. The summed E-state index contributed by atoms with van der Waals surface area (Å²) in [4.78, 5) is 3.83. The fourth-order valence-electron chi connectivity index (χ4n) is 1.10. The van der Waals surface area contributed by atoms with E-state index in [1.807, 2.05) is 0 Å². The van der Waals surface area contributed by atoms with E-state index in [0.717, 1.165) is 6.42 Å². The number of nitrogens with zero attached hydrogens (tertiary/aromatic N) is 2. The predicted molar refractivity (Wildman–Crippen MR) is 53.8 cm³/mol. The quantitative estimate of drug-likeness (QED) is 0.723. The lowest BCUT2D eigenvalue weighted by atomic mass is 10.4. The van der Waals surface area contributed by atoms with Crippen molar-refractivity contribution in [2.75, 3.05) is 11.5 Å². The minimum atomic E-state index is -1.95. The molecule has 1 aliphatic heterocycles. The SMILES string of the molecule is O=S1(=Nc2ccncc2Cl)CCC1. The number of hydrogen-bond donors (Lipinski definition) is 0. The van der Waals surface area contributed by atoms with Gasteiger partial charge in [-0.15, -0.1) is 0 Å². The van der Waals surface area contributed by atoms with Crippen molar-refractivity contribution in [2.45, 2.75) is 6.42 Å². The molecule has 0 N–H and O–H groups in total. The average Bonchev–Trinajstić information content (AvgIpc) is 2.06. The van der Waals surface area contributed by atoms with E-state index in [9.17, 15) is 4.21 Å². The fraction of sp³-hybridized carbons (Fsp3) is 0.375. The lowest BCUT2D eigenvalue weighted by Crippen LogP contribution is -2.22. The molecule has 2 heterocycles. The van der Waals surface area contributed by atoms with E-state index in [4.69, 9.17) is 11.6 Å². The van der Waals surface area contributed by atoms with Gasteiger partial charge in [0.25, 0.3) is 0 Å². The van der Waals surface area contributed by atoms with Gasteiger partial charge in [-0.1, -0.05) is 11.6 Å². The lowest BCUT2D eigenvalue weighted by molar-refractivity contribution is 0.663. The molecule has 13 heavy (non-hydrogen) atoms. The Kier molecular flexibility index (Phi) is 2.26. The predicted octanol–water partition coefficient (Wildman–Crippen LogP) is 2.24. The molecular formula is C8H9ClN2OS. The zero-order valence-corrected chi connectivity index (χ0v) is 8.51. The second-order valence-corrected chi connectivity index (χ2v) is 5.90.